The third-order valence-corrected chi connectivity index (χ3v) is 4.25. The summed E-state index contributed by atoms with van der Waals surface area (Å²) in [7, 11) is 0. The van der Waals surface area contributed by atoms with Gasteiger partial charge in [0.25, 0.3) is 5.91 Å². The van der Waals surface area contributed by atoms with Gasteiger partial charge in [0.1, 0.15) is 5.75 Å². The minimum absolute atomic E-state index is 0.0130. The van der Waals surface area contributed by atoms with Crippen LogP contribution >= 0.6 is 15.9 Å². The Hall–Kier alpha value is -1.07. The molecular formula is C14H19BrN2O2. The van der Waals surface area contributed by atoms with E-state index < -0.39 is 0 Å². The van der Waals surface area contributed by atoms with Gasteiger partial charge >= 0.3 is 0 Å². The number of nitrogens with two attached hydrogens (primary N) is 1. The van der Waals surface area contributed by atoms with Crippen LogP contribution in [-0.4, -0.2) is 35.0 Å². The average Bonchev–Trinajstić information content (AvgIpc) is 2.42. The van der Waals surface area contributed by atoms with Gasteiger partial charge in [0.2, 0.25) is 0 Å². The second kappa shape index (κ2) is 6.39. The number of nitrogens with zero attached hydrogens (tertiary/aromatic N) is 1. The lowest BCUT2D eigenvalue weighted by Gasteiger charge is -2.35. The fourth-order valence-electron chi connectivity index (χ4n) is 2.57. The van der Waals surface area contributed by atoms with Gasteiger partial charge in [0, 0.05) is 18.2 Å². The number of halogens is 1. The van der Waals surface area contributed by atoms with Crippen molar-refractivity contribution >= 4 is 21.8 Å². The zero-order valence-corrected chi connectivity index (χ0v) is 12.4. The van der Waals surface area contributed by atoms with Crippen molar-refractivity contribution in [3.8, 4) is 5.75 Å². The van der Waals surface area contributed by atoms with Gasteiger partial charge in [-0.15, -0.1) is 0 Å². The molecule has 1 atom stereocenters. The second-order valence-electron chi connectivity index (χ2n) is 4.89. The van der Waals surface area contributed by atoms with Crippen LogP contribution in [0.25, 0.3) is 0 Å². The first-order valence-corrected chi connectivity index (χ1v) is 7.42. The van der Waals surface area contributed by atoms with Crippen molar-refractivity contribution in [2.45, 2.75) is 31.7 Å². The lowest BCUT2D eigenvalue weighted by Crippen LogP contribution is -2.44. The molecule has 1 aromatic carbocycles. The number of hydrogen-bond donors (Lipinski definition) is 2. The van der Waals surface area contributed by atoms with E-state index in [9.17, 15) is 9.90 Å². The van der Waals surface area contributed by atoms with Crippen molar-refractivity contribution in [1.29, 1.82) is 0 Å². The second-order valence-corrected chi connectivity index (χ2v) is 5.75. The summed E-state index contributed by atoms with van der Waals surface area (Å²) in [6.45, 7) is 1.38. The number of rotatable bonds is 3. The number of phenols is 1. The van der Waals surface area contributed by atoms with E-state index in [-0.39, 0.29) is 17.7 Å². The van der Waals surface area contributed by atoms with Crippen molar-refractivity contribution in [1.82, 2.24) is 4.90 Å². The minimum Gasteiger partial charge on any atom is -0.507 e. The van der Waals surface area contributed by atoms with Gasteiger partial charge in [-0.2, -0.15) is 0 Å². The maximum atomic E-state index is 12.5. The van der Waals surface area contributed by atoms with Crippen LogP contribution in [0.3, 0.4) is 0 Å². The molecule has 1 saturated heterocycles. The Morgan fingerprint density at radius 2 is 2.26 bits per heavy atom. The zero-order valence-electron chi connectivity index (χ0n) is 10.8. The highest BCUT2D eigenvalue weighted by Crippen LogP contribution is 2.27. The third-order valence-electron chi connectivity index (χ3n) is 3.58. The quantitative estimate of drug-likeness (QED) is 0.896. The van der Waals surface area contributed by atoms with Crippen LogP contribution in [0.5, 0.6) is 5.75 Å². The molecule has 1 unspecified atom stereocenters. The van der Waals surface area contributed by atoms with Crippen LogP contribution in [0.15, 0.2) is 22.7 Å². The van der Waals surface area contributed by atoms with Crippen molar-refractivity contribution in [2.24, 2.45) is 5.73 Å². The summed E-state index contributed by atoms with van der Waals surface area (Å²) in [6, 6.07) is 5.18. The fourth-order valence-corrected chi connectivity index (χ4v) is 2.82. The summed E-state index contributed by atoms with van der Waals surface area (Å²) >= 11 is 3.22. The summed E-state index contributed by atoms with van der Waals surface area (Å²) in [5.41, 5.74) is 6.15. The number of benzene rings is 1. The van der Waals surface area contributed by atoms with Crippen LogP contribution in [0.1, 0.15) is 36.0 Å². The van der Waals surface area contributed by atoms with Gasteiger partial charge in [-0.1, -0.05) is 0 Å². The molecule has 0 aliphatic carbocycles. The minimum atomic E-state index is -0.0130. The summed E-state index contributed by atoms with van der Waals surface area (Å²) < 4.78 is 0.598. The van der Waals surface area contributed by atoms with Crippen LogP contribution in [-0.2, 0) is 0 Å². The van der Waals surface area contributed by atoms with E-state index in [0.717, 1.165) is 32.2 Å². The van der Waals surface area contributed by atoms with Crippen molar-refractivity contribution in [2.75, 3.05) is 13.1 Å². The number of piperidine rings is 1. The molecule has 1 fully saturated rings. The Bertz CT molecular complexity index is 463. The van der Waals surface area contributed by atoms with Crippen LogP contribution in [0.2, 0.25) is 0 Å². The molecule has 1 aliphatic rings. The van der Waals surface area contributed by atoms with Gasteiger partial charge in [0.15, 0.2) is 0 Å². The Kier molecular flexibility index (Phi) is 4.82. The van der Waals surface area contributed by atoms with E-state index >= 15 is 0 Å². The van der Waals surface area contributed by atoms with Gasteiger partial charge in [0.05, 0.1) is 4.47 Å². The monoisotopic (exact) mass is 326 g/mol. The molecule has 19 heavy (non-hydrogen) atoms. The first-order valence-electron chi connectivity index (χ1n) is 6.63. The SMILES string of the molecule is NCCC1CCCCN1C(=O)c1ccc(Br)c(O)c1. The molecule has 0 spiro atoms. The Balaban J connectivity index is 2.18. The molecule has 5 heteroatoms. The number of carbonyl (C=O) groups is 1. The summed E-state index contributed by atoms with van der Waals surface area (Å²) in [4.78, 5) is 14.4. The van der Waals surface area contributed by atoms with Crippen molar-refractivity contribution in [3.05, 3.63) is 28.2 Å². The van der Waals surface area contributed by atoms with Crippen LogP contribution in [0, 0.1) is 0 Å². The van der Waals surface area contributed by atoms with E-state index in [0.29, 0.717) is 16.6 Å². The molecule has 3 N–H and O–H groups in total. The number of aromatic hydroxyl groups is 1. The van der Waals surface area contributed by atoms with E-state index in [4.69, 9.17) is 5.73 Å². The molecule has 2 rings (SSSR count). The van der Waals surface area contributed by atoms with Gasteiger partial charge < -0.3 is 15.7 Å². The Labute approximate surface area is 121 Å². The van der Waals surface area contributed by atoms with Crippen LogP contribution < -0.4 is 5.73 Å². The molecule has 1 heterocycles. The van der Waals surface area contributed by atoms with E-state index in [1.807, 2.05) is 4.90 Å². The molecule has 1 aromatic rings. The number of phenolic OH excluding ortho intramolecular Hbond substituents is 1. The predicted octanol–water partition coefficient (Wildman–Crippen LogP) is 2.50. The zero-order chi connectivity index (χ0) is 13.8. The highest BCUT2D eigenvalue weighted by Gasteiger charge is 2.27. The predicted molar refractivity (Wildman–Crippen MR) is 78.2 cm³/mol. The molecule has 104 valence electrons. The summed E-state index contributed by atoms with van der Waals surface area (Å²) in [5, 5.41) is 9.68. The average molecular weight is 327 g/mol. The Morgan fingerprint density at radius 1 is 1.47 bits per heavy atom. The largest absolute Gasteiger partial charge is 0.507 e. The fraction of sp³-hybridized carbons (Fsp3) is 0.500. The van der Waals surface area contributed by atoms with E-state index in [1.54, 1.807) is 12.1 Å². The standard InChI is InChI=1S/C14H19BrN2O2/c15-12-5-4-10(9-13(12)18)14(19)17-8-2-1-3-11(17)6-7-16/h4-5,9,11,18H,1-3,6-8,16H2. The molecule has 1 aliphatic heterocycles. The Morgan fingerprint density at radius 3 is 2.95 bits per heavy atom. The van der Waals surface area contributed by atoms with Gasteiger partial charge in [-0.3, -0.25) is 4.79 Å². The molecule has 4 nitrogen and oxygen atoms in total. The van der Waals surface area contributed by atoms with Crippen LogP contribution in [0.4, 0.5) is 0 Å². The lowest BCUT2D eigenvalue weighted by atomic mass is 9.98. The third kappa shape index (κ3) is 3.28. The molecule has 0 aromatic heterocycles. The lowest BCUT2D eigenvalue weighted by molar-refractivity contribution is 0.0604. The van der Waals surface area contributed by atoms with E-state index in [1.165, 1.54) is 6.07 Å². The topological polar surface area (TPSA) is 66.6 Å². The molecule has 0 bridgehead atoms. The molecule has 1 amide bonds. The molecule has 0 saturated carbocycles. The highest BCUT2D eigenvalue weighted by molar-refractivity contribution is 9.10. The van der Waals surface area contributed by atoms with Crippen molar-refractivity contribution in [3.63, 3.8) is 0 Å². The van der Waals surface area contributed by atoms with Gasteiger partial charge in [-0.25, -0.2) is 0 Å². The summed E-state index contributed by atoms with van der Waals surface area (Å²) in [6.07, 6.45) is 4.05. The molecular weight excluding hydrogens is 308 g/mol. The summed E-state index contributed by atoms with van der Waals surface area (Å²) in [5.74, 6) is 0.0826. The number of carbonyl (C=O) groups excluding carboxylic acids is 1. The first kappa shape index (κ1) is 14.3. The highest BCUT2D eigenvalue weighted by atomic mass is 79.9. The normalized spacial score (nSPS) is 19.5. The molecule has 0 radical (unpaired) electrons. The maximum Gasteiger partial charge on any atom is 0.254 e. The van der Waals surface area contributed by atoms with Gasteiger partial charge in [-0.05, 0) is 66.4 Å². The number of hydrogen-bond acceptors (Lipinski definition) is 3. The van der Waals surface area contributed by atoms with E-state index in [2.05, 4.69) is 15.9 Å². The maximum absolute atomic E-state index is 12.5. The number of likely N-dealkylation sites (tertiary alicyclic amines) is 1. The van der Waals surface area contributed by atoms with Crippen molar-refractivity contribution < 1.29 is 9.90 Å². The smallest absolute Gasteiger partial charge is 0.254 e. The number of amides is 1. The first-order chi connectivity index (χ1) is 9.13.